The maximum atomic E-state index is 12.3. The Hall–Kier alpha value is -0.680. The summed E-state index contributed by atoms with van der Waals surface area (Å²) in [7, 11) is -1.25. The van der Waals surface area contributed by atoms with Gasteiger partial charge in [-0.1, -0.05) is 61.4 Å². The second-order valence-electron chi connectivity index (χ2n) is 5.12. The zero-order valence-corrected chi connectivity index (χ0v) is 14.8. The van der Waals surface area contributed by atoms with Crippen LogP contribution in [0.15, 0.2) is 27.6 Å². The van der Waals surface area contributed by atoms with E-state index in [0.29, 0.717) is 10.6 Å². The molecule has 0 spiro atoms. The third kappa shape index (κ3) is 6.74. The van der Waals surface area contributed by atoms with Crippen LogP contribution in [-0.2, 0) is 10.8 Å². The van der Waals surface area contributed by atoms with Gasteiger partial charge in [0.2, 0.25) is 0 Å². The molecule has 0 heterocycles. The quantitative estimate of drug-likeness (QED) is 0.585. The van der Waals surface area contributed by atoms with Crippen LogP contribution in [0.1, 0.15) is 62.2 Å². The first-order chi connectivity index (χ1) is 10.1. The number of halogens is 1. The fraction of sp³-hybridized carbons (Fsp3) is 0.562. The molecule has 0 aliphatic rings. The number of carbonyl (C=O) groups is 1. The third-order valence-corrected chi connectivity index (χ3v) is 5.33. The lowest BCUT2D eigenvalue weighted by molar-refractivity contribution is 0.0693. The number of carboxylic acid groups (broad SMARTS) is 1. The highest BCUT2D eigenvalue weighted by atomic mass is 79.9. The first kappa shape index (κ1) is 18.4. The summed E-state index contributed by atoms with van der Waals surface area (Å²) < 4.78 is 13.0. The van der Waals surface area contributed by atoms with Gasteiger partial charge in [-0.3, -0.25) is 4.21 Å². The number of hydrogen-bond donors (Lipinski definition) is 1. The Balaban J connectivity index is 2.45. The predicted molar refractivity (Wildman–Crippen MR) is 90.4 cm³/mol. The van der Waals surface area contributed by atoms with Crippen molar-refractivity contribution in [1.29, 1.82) is 0 Å². The van der Waals surface area contributed by atoms with Crippen LogP contribution >= 0.6 is 15.9 Å². The van der Waals surface area contributed by atoms with Crippen LogP contribution in [-0.4, -0.2) is 21.0 Å². The van der Waals surface area contributed by atoms with Gasteiger partial charge in [0, 0.05) is 10.2 Å². The highest BCUT2D eigenvalue weighted by Crippen LogP contribution is 2.21. The lowest BCUT2D eigenvalue weighted by Gasteiger charge is -2.07. The minimum atomic E-state index is -1.25. The van der Waals surface area contributed by atoms with E-state index >= 15 is 0 Å². The van der Waals surface area contributed by atoms with E-state index in [2.05, 4.69) is 22.9 Å². The molecule has 1 N–H and O–H groups in total. The Morgan fingerprint density at radius 2 is 1.76 bits per heavy atom. The maximum absolute atomic E-state index is 12.3. The molecule has 0 amide bonds. The van der Waals surface area contributed by atoms with E-state index in [0.717, 1.165) is 17.3 Å². The summed E-state index contributed by atoms with van der Waals surface area (Å²) in [6.45, 7) is 2.20. The molecule has 1 aromatic carbocycles. The Labute approximate surface area is 137 Å². The normalized spacial score (nSPS) is 12.3. The molecule has 5 heteroatoms. The fourth-order valence-electron chi connectivity index (χ4n) is 2.16. The van der Waals surface area contributed by atoms with Crippen molar-refractivity contribution in [2.24, 2.45) is 0 Å². The van der Waals surface area contributed by atoms with E-state index < -0.39 is 16.8 Å². The molecule has 1 aromatic rings. The van der Waals surface area contributed by atoms with Gasteiger partial charge in [-0.25, -0.2) is 4.79 Å². The summed E-state index contributed by atoms with van der Waals surface area (Å²) in [5, 5.41) is 9.15. The number of hydrogen-bond acceptors (Lipinski definition) is 2. The van der Waals surface area contributed by atoms with Crippen LogP contribution in [0.25, 0.3) is 0 Å². The summed E-state index contributed by atoms with van der Waals surface area (Å²) in [6.07, 6.45) is 8.14. The molecule has 0 aliphatic carbocycles. The van der Waals surface area contributed by atoms with Gasteiger partial charge in [0.05, 0.1) is 21.3 Å². The van der Waals surface area contributed by atoms with E-state index in [1.165, 1.54) is 38.2 Å². The molecular formula is C16H23BrO3S. The summed E-state index contributed by atoms with van der Waals surface area (Å²) in [4.78, 5) is 11.6. The smallest absolute Gasteiger partial charge is 0.336 e. The molecule has 118 valence electrons. The van der Waals surface area contributed by atoms with Gasteiger partial charge in [0.15, 0.2) is 0 Å². The van der Waals surface area contributed by atoms with Gasteiger partial charge in [0.25, 0.3) is 0 Å². The van der Waals surface area contributed by atoms with E-state index in [1.54, 1.807) is 12.1 Å². The lowest BCUT2D eigenvalue weighted by Crippen LogP contribution is -2.07. The van der Waals surface area contributed by atoms with E-state index in [-0.39, 0.29) is 5.56 Å². The largest absolute Gasteiger partial charge is 0.478 e. The summed E-state index contributed by atoms with van der Waals surface area (Å²) in [5.74, 6) is -0.491. The minimum Gasteiger partial charge on any atom is -0.478 e. The van der Waals surface area contributed by atoms with Gasteiger partial charge in [0.1, 0.15) is 0 Å². The molecule has 0 radical (unpaired) electrons. The molecule has 0 fully saturated rings. The number of carboxylic acids is 1. The average molecular weight is 375 g/mol. The minimum absolute atomic E-state index is 0.138. The Morgan fingerprint density at radius 3 is 2.38 bits per heavy atom. The molecule has 0 aliphatic heterocycles. The summed E-state index contributed by atoms with van der Waals surface area (Å²) >= 11 is 3.30. The van der Waals surface area contributed by atoms with Crippen LogP contribution in [0.3, 0.4) is 0 Å². The van der Waals surface area contributed by atoms with Gasteiger partial charge in [-0.2, -0.15) is 0 Å². The zero-order chi connectivity index (χ0) is 15.7. The molecule has 0 aromatic heterocycles. The van der Waals surface area contributed by atoms with E-state index in [4.69, 9.17) is 5.11 Å². The molecule has 0 bridgehead atoms. The highest BCUT2D eigenvalue weighted by molar-refractivity contribution is 9.10. The maximum Gasteiger partial charge on any atom is 0.336 e. The van der Waals surface area contributed by atoms with Crippen molar-refractivity contribution in [1.82, 2.24) is 0 Å². The fourth-order valence-corrected chi connectivity index (χ4v) is 4.02. The molecule has 1 atom stereocenters. The first-order valence-electron chi connectivity index (χ1n) is 7.47. The molecular weight excluding hydrogens is 352 g/mol. The highest BCUT2D eigenvalue weighted by Gasteiger charge is 2.15. The molecule has 1 rings (SSSR count). The first-order valence-corrected chi connectivity index (χ1v) is 9.58. The third-order valence-electron chi connectivity index (χ3n) is 3.35. The molecule has 21 heavy (non-hydrogen) atoms. The van der Waals surface area contributed by atoms with Crippen LogP contribution < -0.4 is 0 Å². The van der Waals surface area contributed by atoms with E-state index in [1.807, 2.05) is 0 Å². The van der Waals surface area contributed by atoms with Gasteiger partial charge in [-0.05, 0) is 24.6 Å². The topological polar surface area (TPSA) is 54.4 Å². The second-order valence-corrected chi connectivity index (χ2v) is 7.57. The van der Waals surface area contributed by atoms with Crippen molar-refractivity contribution in [3.05, 3.63) is 28.2 Å². The molecule has 1 unspecified atom stereocenters. The van der Waals surface area contributed by atoms with Crippen molar-refractivity contribution < 1.29 is 14.1 Å². The number of aromatic carboxylic acids is 1. The van der Waals surface area contributed by atoms with Crippen LogP contribution in [0.4, 0.5) is 0 Å². The molecule has 0 saturated heterocycles. The van der Waals surface area contributed by atoms with Crippen LogP contribution in [0, 0.1) is 0 Å². The Kier molecular flexibility index (Phi) is 8.85. The van der Waals surface area contributed by atoms with E-state index in [9.17, 15) is 9.00 Å². The van der Waals surface area contributed by atoms with Crippen molar-refractivity contribution in [3.8, 4) is 0 Å². The number of rotatable bonds is 10. The Morgan fingerprint density at radius 1 is 1.14 bits per heavy atom. The van der Waals surface area contributed by atoms with Crippen LogP contribution in [0.2, 0.25) is 0 Å². The SMILES string of the molecule is CCCCCCCCCS(=O)c1cc(Br)ccc1C(=O)O. The zero-order valence-electron chi connectivity index (χ0n) is 12.4. The predicted octanol–water partition coefficient (Wildman–Crippen LogP) is 5.01. The standard InChI is InChI=1S/C16H23BrO3S/c1-2-3-4-5-6-7-8-11-21(20)15-12-13(17)9-10-14(15)16(18)19/h9-10,12H,2-8,11H2,1H3,(H,18,19). The second kappa shape index (κ2) is 10.1. The van der Waals surface area contributed by atoms with Gasteiger partial charge < -0.3 is 5.11 Å². The van der Waals surface area contributed by atoms with Crippen molar-refractivity contribution >= 4 is 32.7 Å². The van der Waals surface area contributed by atoms with Crippen LogP contribution in [0.5, 0.6) is 0 Å². The molecule has 0 saturated carbocycles. The van der Waals surface area contributed by atoms with Crippen molar-refractivity contribution in [3.63, 3.8) is 0 Å². The summed E-state index contributed by atoms with van der Waals surface area (Å²) in [6, 6.07) is 4.82. The Bertz CT molecular complexity index is 488. The summed E-state index contributed by atoms with van der Waals surface area (Å²) in [5.41, 5.74) is 0.138. The number of unbranched alkanes of at least 4 members (excludes halogenated alkanes) is 6. The monoisotopic (exact) mass is 374 g/mol. The average Bonchev–Trinajstić information content (AvgIpc) is 2.45. The van der Waals surface area contributed by atoms with Gasteiger partial charge >= 0.3 is 5.97 Å². The van der Waals surface area contributed by atoms with Crippen molar-refractivity contribution in [2.75, 3.05) is 5.75 Å². The number of benzene rings is 1. The lowest BCUT2D eigenvalue weighted by atomic mass is 10.1. The van der Waals surface area contributed by atoms with Crippen molar-refractivity contribution in [2.45, 2.75) is 56.8 Å². The molecule has 3 nitrogen and oxygen atoms in total. The van der Waals surface area contributed by atoms with Gasteiger partial charge in [-0.15, -0.1) is 0 Å².